The van der Waals surface area contributed by atoms with Crippen molar-refractivity contribution < 1.29 is 9.90 Å². The van der Waals surface area contributed by atoms with Crippen molar-refractivity contribution >= 4 is 5.97 Å². The van der Waals surface area contributed by atoms with Crippen molar-refractivity contribution in [2.45, 2.75) is 27.3 Å². The van der Waals surface area contributed by atoms with Crippen LogP contribution in [0.25, 0.3) is 0 Å². The highest BCUT2D eigenvalue weighted by Crippen LogP contribution is 1.99. The molecule has 0 rings (SSSR count). The smallest absolute Gasteiger partial charge is 0.320 e. The minimum Gasteiger partial charge on any atom is -0.480 e. The van der Waals surface area contributed by atoms with E-state index in [0.29, 0.717) is 0 Å². The molecule has 0 aromatic rings. The van der Waals surface area contributed by atoms with Crippen LogP contribution >= 0.6 is 0 Å². The van der Waals surface area contributed by atoms with Gasteiger partial charge >= 0.3 is 5.97 Å². The van der Waals surface area contributed by atoms with Crippen LogP contribution in [0.5, 0.6) is 0 Å². The van der Waals surface area contributed by atoms with E-state index < -0.39 is 12.0 Å². The van der Waals surface area contributed by atoms with E-state index in [-0.39, 0.29) is 13.3 Å². The molecular formula is C7H17NO2. The summed E-state index contributed by atoms with van der Waals surface area (Å²) in [6.07, 6.45) is 0. The normalized spacial score (nSPS) is 12.4. The summed E-state index contributed by atoms with van der Waals surface area (Å²) in [5.74, 6) is -0.639. The molecule has 1 atom stereocenters. The van der Waals surface area contributed by atoms with Crippen LogP contribution in [0.3, 0.4) is 0 Å². The zero-order valence-electron chi connectivity index (χ0n) is 6.01. The molecule has 0 heterocycles. The minimum atomic E-state index is -0.785. The molecule has 10 heavy (non-hydrogen) atoms. The quantitative estimate of drug-likeness (QED) is 0.625. The number of nitrogens with one attached hydrogen (secondary N) is 1. The maximum absolute atomic E-state index is 10.3. The van der Waals surface area contributed by atoms with Crippen LogP contribution in [-0.4, -0.2) is 24.2 Å². The predicted molar refractivity (Wildman–Crippen MR) is 42.1 cm³/mol. The van der Waals surface area contributed by atoms with Crippen molar-refractivity contribution in [1.29, 1.82) is 0 Å². The van der Waals surface area contributed by atoms with Crippen LogP contribution in [0.4, 0.5) is 0 Å². The summed E-state index contributed by atoms with van der Waals surface area (Å²) in [4.78, 5) is 10.3. The van der Waals surface area contributed by atoms with Gasteiger partial charge in [0.25, 0.3) is 0 Å². The van der Waals surface area contributed by atoms with Gasteiger partial charge in [-0.05, 0) is 13.0 Å². The fourth-order valence-electron chi connectivity index (χ4n) is 0.742. The summed E-state index contributed by atoms with van der Waals surface area (Å²) in [5, 5.41) is 11.2. The third-order valence-electron chi connectivity index (χ3n) is 1.24. The van der Waals surface area contributed by atoms with E-state index in [9.17, 15) is 4.79 Å². The predicted octanol–water partition coefficient (Wildman–Crippen LogP) is 0.951. The third-order valence-corrected chi connectivity index (χ3v) is 1.24. The minimum absolute atomic E-state index is 0. The number of rotatable bonds is 3. The molecule has 0 aliphatic heterocycles. The Balaban J connectivity index is 0. The first-order valence-electron chi connectivity index (χ1n) is 2.99. The first kappa shape index (κ1) is 12.1. The standard InChI is InChI=1S/C6H13NO2.CH4/c1-4(2)5(7-3)6(8)9;/h4-5,7H,1-3H3,(H,8,9);1H4/t5-;/m0./s1. The lowest BCUT2D eigenvalue weighted by Crippen LogP contribution is -2.38. The molecule has 0 aromatic carbocycles. The van der Waals surface area contributed by atoms with Crippen molar-refractivity contribution in [3.63, 3.8) is 0 Å². The van der Waals surface area contributed by atoms with E-state index in [1.54, 1.807) is 7.05 Å². The molecule has 3 heteroatoms. The summed E-state index contributed by atoms with van der Waals surface area (Å²) in [6, 6.07) is -0.412. The zero-order chi connectivity index (χ0) is 7.44. The Morgan fingerprint density at radius 3 is 1.90 bits per heavy atom. The summed E-state index contributed by atoms with van der Waals surface area (Å²) in [6.45, 7) is 3.74. The lowest BCUT2D eigenvalue weighted by molar-refractivity contribution is -0.140. The lowest BCUT2D eigenvalue weighted by atomic mass is 10.1. The number of aliphatic carboxylic acids is 1. The van der Waals surface area contributed by atoms with Crippen LogP contribution < -0.4 is 5.32 Å². The first-order valence-corrected chi connectivity index (χ1v) is 2.99. The summed E-state index contributed by atoms with van der Waals surface area (Å²) in [7, 11) is 1.65. The SMILES string of the molecule is C.CN[C@H](C(=O)O)C(C)C. The molecule has 0 amide bonds. The van der Waals surface area contributed by atoms with Crippen molar-refractivity contribution in [1.82, 2.24) is 5.32 Å². The van der Waals surface area contributed by atoms with Crippen molar-refractivity contribution in [2.24, 2.45) is 5.92 Å². The van der Waals surface area contributed by atoms with E-state index in [2.05, 4.69) is 5.32 Å². The zero-order valence-corrected chi connectivity index (χ0v) is 6.01. The van der Waals surface area contributed by atoms with Crippen LogP contribution in [0.2, 0.25) is 0 Å². The lowest BCUT2D eigenvalue weighted by Gasteiger charge is -2.13. The second-order valence-electron chi connectivity index (χ2n) is 2.35. The Labute approximate surface area is 62.4 Å². The third kappa shape index (κ3) is 3.45. The van der Waals surface area contributed by atoms with Crippen LogP contribution in [0, 0.1) is 5.92 Å². The molecule has 0 aliphatic carbocycles. The second kappa shape index (κ2) is 5.23. The number of likely N-dealkylation sites (N-methyl/N-ethyl adjacent to an activating group) is 1. The molecule has 0 bridgehead atoms. The van der Waals surface area contributed by atoms with Gasteiger partial charge in [0.15, 0.2) is 0 Å². The second-order valence-corrected chi connectivity index (χ2v) is 2.35. The van der Waals surface area contributed by atoms with Gasteiger partial charge in [0.05, 0.1) is 0 Å². The van der Waals surface area contributed by atoms with Crippen molar-refractivity contribution in [3.05, 3.63) is 0 Å². The number of hydrogen-bond acceptors (Lipinski definition) is 2. The molecule has 0 saturated heterocycles. The Morgan fingerprint density at radius 2 is 1.90 bits per heavy atom. The van der Waals surface area contributed by atoms with E-state index in [1.165, 1.54) is 0 Å². The maximum Gasteiger partial charge on any atom is 0.320 e. The van der Waals surface area contributed by atoms with Gasteiger partial charge in [-0.15, -0.1) is 0 Å². The molecule has 2 N–H and O–H groups in total. The van der Waals surface area contributed by atoms with Gasteiger partial charge in [-0.3, -0.25) is 4.79 Å². The highest BCUT2D eigenvalue weighted by molar-refractivity contribution is 5.73. The number of carbonyl (C=O) groups is 1. The monoisotopic (exact) mass is 147 g/mol. The fraction of sp³-hybridized carbons (Fsp3) is 0.857. The molecule has 62 valence electrons. The summed E-state index contributed by atoms with van der Waals surface area (Å²) < 4.78 is 0. The van der Waals surface area contributed by atoms with Crippen molar-refractivity contribution in [3.8, 4) is 0 Å². The van der Waals surface area contributed by atoms with Gasteiger partial charge in [0, 0.05) is 0 Å². The van der Waals surface area contributed by atoms with Gasteiger partial charge in [0.1, 0.15) is 6.04 Å². The Kier molecular flexibility index (Phi) is 6.35. The molecular weight excluding hydrogens is 130 g/mol. The average molecular weight is 147 g/mol. The van der Waals surface area contributed by atoms with Crippen molar-refractivity contribution in [2.75, 3.05) is 7.05 Å². The molecule has 3 nitrogen and oxygen atoms in total. The van der Waals surface area contributed by atoms with Gasteiger partial charge < -0.3 is 10.4 Å². The molecule has 0 spiro atoms. The van der Waals surface area contributed by atoms with E-state index >= 15 is 0 Å². The molecule has 0 fully saturated rings. The van der Waals surface area contributed by atoms with E-state index in [0.717, 1.165) is 0 Å². The molecule has 0 aromatic heterocycles. The highest BCUT2D eigenvalue weighted by Gasteiger charge is 2.17. The van der Waals surface area contributed by atoms with E-state index in [1.807, 2.05) is 13.8 Å². The van der Waals surface area contributed by atoms with Gasteiger partial charge in [-0.1, -0.05) is 21.3 Å². The van der Waals surface area contributed by atoms with Gasteiger partial charge in [0.2, 0.25) is 0 Å². The van der Waals surface area contributed by atoms with Crippen LogP contribution in [0.1, 0.15) is 21.3 Å². The molecule has 0 unspecified atom stereocenters. The Morgan fingerprint density at radius 1 is 1.50 bits per heavy atom. The Hall–Kier alpha value is -0.570. The molecule has 0 saturated carbocycles. The van der Waals surface area contributed by atoms with Gasteiger partial charge in [-0.25, -0.2) is 0 Å². The summed E-state index contributed by atoms with van der Waals surface area (Å²) >= 11 is 0. The largest absolute Gasteiger partial charge is 0.480 e. The van der Waals surface area contributed by atoms with Gasteiger partial charge in [-0.2, -0.15) is 0 Å². The number of carboxylic acid groups (broad SMARTS) is 1. The summed E-state index contributed by atoms with van der Waals surface area (Å²) in [5.41, 5.74) is 0. The van der Waals surface area contributed by atoms with Crippen LogP contribution in [0.15, 0.2) is 0 Å². The van der Waals surface area contributed by atoms with Crippen LogP contribution in [-0.2, 0) is 4.79 Å². The highest BCUT2D eigenvalue weighted by atomic mass is 16.4. The molecule has 0 aliphatic rings. The topological polar surface area (TPSA) is 49.3 Å². The Bertz CT molecular complexity index is 102. The average Bonchev–Trinajstić information content (AvgIpc) is 1.64. The molecule has 0 radical (unpaired) electrons. The van der Waals surface area contributed by atoms with E-state index in [4.69, 9.17) is 5.11 Å². The number of carboxylic acids is 1. The number of hydrogen-bond donors (Lipinski definition) is 2. The first-order chi connectivity index (χ1) is 4.09. The maximum atomic E-state index is 10.3. The fourth-order valence-corrected chi connectivity index (χ4v) is 0.742.